The smallest absolute Gasteiger partial charge is 0.321 e. The fraction of sp³-hybridized carbons (Fsp3) is 0.562. The molecule has 1 aliphatic heterocycles. The van der Waals surface area contributed by atoms with E-state index < -0.39 is 0 Å². The van der Waals surface area contributed by atoms with Crippen LogP contribution in [0.25, 0.3) is 0 Å². The predicted octanol–water partition coefficient (Wildman–Crippen LogP) is 3.83. The average molecular weight is 308 g/mol. The van der Waals surface area contributed by atoms with E-state index in [0.29, 0.717) is 6.54 Å². The minimum atomic E-state index is -0.0833. The first-order chi connectivity index (χ1) is 10.2. The first-order valence-electron chi connectivity index (χ1n) is 7.55. The van der Waals surface area contributed by atoms with Crippen LogP contribution in [-0.4, -0.2) is 43.0 Å². The Morgan fingerprint density at radius 3 is 2.76 bits per heavy atom. The van der Waals surface area contributed by atoms with Gasteiger partial charge in [-0.05, 0) is 49.3 Å². The number of ether oxygens (including phenoxy) is 1. The zero-order chi connectivity index (χ0) is 15.1. The van der Waals surface area contributed by atoms with Crippen LogP contribution in [0, 0.1) is 0 Å². The third kappa shape index (κ3) is 5.25. The Morgan fingerprint density at radius 1 is 1.38 bits per heavy atom. The number of amides is 2. The van der Waals surface area contributed by atoms with Gasteiger partial charge < -0.3 is 15.0 Å². The number of hydrogen-bond donors (Lipinski definition) is 1. The van der Waals surface area contributed by atoms with Gasteiger partial charge in [-0.15, -0.1) is 11.8 Å². The Bertz CT molecular complexity index is 444. The van der Waals surface area contributed by atoms with E-state index in [2.05, 4.69) is 12.2 Å². The molecular weight excluding hydrogens is 284 g/mol. The molecule has 2 rings (SSSR count). The van der Waals surface area contributed by atoms with Crippen molar-refractivity contribution in [3.8, 4) is 0 Å². The molecule has 2 amide bonds. The normalized spacial score (nSPS) is 18.3. The highest BCUT2D eigenvalue weighted by Crippen LogP contribution is 2.20. The van der Waals surface area contributed by atoms with E-state index >= 15 is 0 Å². The second-order valence-corrected chi connectivity index (χ2v) is 6.59. The lowest BCUT2D eigenvalue weighted by molar-refractivity contribution is 0.00463. The van der Waals surface area contributed by atoms with E-state index in [9.17, 15) is 4.79 Å². The van der Waals surface area contributed by atoms with Crippen molar-refractivity contribution in [3.05, 3.63) is 24.3 Å². The number of nitrogens with zero attached hydrogens (tertiary/aromatic N) is 1. The fourth-order valence-corrected chi connectivity index (χ4v) is 3.02. The highest BCUT2D eigenvalue weighted by atomic mass is 32.2. The van der Waals surface area contributed by atoms with Gasteiger partial charge in [0.05, 0.1) is 6.10 Å². The number of carbonyl (C=O) groups excluding carboxylic acids is 1. The molecule has 1 aromatic carbocycles. The molecule has 0 saturated carbocycles. The van der Waals surface area contributed by atoms with Crippen LogP contribution in [-0.2, 0) is 4.74 Å². The van der Waals surface area contributed by atoms with Crippen molar-refractivity contribution in [2.75, 3.05) is 31.3 Å². The summed E-state index contributed by atoms with van der Waals surface area (Å²) in [4.78, 5) is 15.1. The SMILES string of the molecule is CCSc1ccc(NC(=O)N(C)C[C@H]2CCCCO2)cc1. The molecular formula is C16H24N2O2S. The Morgan fingerprint density at radius 2 is 2.14 bits per heavy atom. The van der Waals surface area contributed by atoms with Gasteiger partial charge in [-0.2, -0.15) is 0 Å². The minimum absolute atomic E-state index is 0.0833. The summed E-state index contributed by atoms with van der Waals surface area (Å²) in [5.74, 6) is 1.05. The van der Waals surface area contributed by atoms with Crippen molar-refractivity contribution in [1.82, 2.24) is 4.90 Å². The van der Waals surface area contributed by atoms with Gasteiger partial charge in [-0.3, -0.25) is 0 Å². The monoisotopic (exact) mass is 308 g/mol. The molecule has 4 nitrogen and oxygen atoms in total. The molecule has 1 fully saturated rings. The van der Waals surface area contributed by atoms with E-state index in [4.69, 9.17) is 4.74 Å². The lowest BCUT2D eigenvalue weighted by atomic mass is 10.1. The first kappa shape index (κ1) is 16.2. The van der Waals surface area contributed by atoms with Crippen molar-refractivity contribution in [3.63, 3.8) is 0 Å². The van der Waals surface area contributed by atoms with E-state index in [1.807, 2.05) is 31.3 Å². The van der Waals surface area contributed by atoms with Crippen LogP contribution < -0.4 is 5.32 Å². The Kier molecular flexibility index (Phi) is 6.39. The highest BCUT2D eigenvalue weighted by Gasteiger charge is 2.18. The summed E-state index contributed by atoms with van der Waals surface area (Å²) in [6.07, 6.45) is 3.55. The van der Waals surface area contributed by atoms with Gasteiger partial charge >= 0.3 is 6.03 Å². The maximum atomic E-state index is 12.2. The molecule has 0 aliphatic carbocycles. The second kappa shape index (κ2) is 8.29. The fourth-order valence-electron chi connectivity index (χ4n) is 2.36. The molecule has 0 bridgehead atoms. The summed E-state index contributed by atoms with van der Waals surface area (Å²) < 4.78 is 5.67. The van der Waals surface area contributed by atoms with Gasteiger partial charge in [-0.25, -0.2) is 4.79 Å². The summed E-state index contributed by atoms with van der Waals surface area (Å²) in [7, 11) is 1.81. The van der Waals surface area contributed by atoms with Gasteiger partial charge in [0, 0.05) is 30.8 Å². The third-order valence-electron chi connectivity index (χ3n) is 3.51. The topological polar surface area (TPSA) is 41.6 Å². The number of nitrogens with one attached hydrogen (secondary N) is 1. The molecule has 1 N–H and O–H groups in total. The van der Waals surface area contributed by atoms with Gasteiger partial charge in [0.2, 0.25) is 0 Å². The molecule has 0 aromatic heterocycles. The summed E-state index contributed by atoms with van der Waals surface area (Å²) >= 11 is 1.79. The van der Waals surface area contributed by atoms with Crippen LogP contribution in [0.2, 0.25) is 0 Å². The number of rotatable bonds is 5. The molecule has 1 aromatic rings. The second-order valence-electron chi connectivity index (χ2n) is 5.26. The standard InChI is InChI=1S/C16H24N2O2S/c1-3-21-15-9-7-13(8-10-15)17-16(19)18(2)12-14-6-4-5-11-20-14/h7-10,14H,3-6,11-12H2,1-2H3,(H,17,19)/t14-/m1/s1. The van der Waals surface area contributed by atoms with E-state index in [1.165, 1.54) is 11.3 Å². The lowest BCUT2D eigenvalue weighted by Crippen LogP contribution is -2.39. The lowest BCUT2D eigenvalue weighted by Gasteiger charge is -2.27. The Labute approximate surface area is 131 Å². The molecule has 0 spiro atoms. The predicted molar refractivity (Wildman–Crippen MR) is 88.1 cm³/mol. The largest absolute Gasteiger partial charge is 0.376 e. The van der Waals surface area contributed by atoms with Crippen molar-refractivity contribution >= 4 is 23.5 Å². The summed E-state index contributed by atoms with van der Waals surface area (Å²) in [6, 6.07) is 7.88. The van der Waals surface area contributed by atoms with Gasteiger partial charge in [0.25, 0.3) is 0 Å². The number of hydrogen-bond acceptors (Lipinski definition) is 3. The van der Waals surface area contributed by atoms with Crippen LogP contribution >= 0.6 is 11.8 Å². The summed E-state index contributed by atoms with van der Waals surface area (Å²) in [6.45, 7) is 3.59. The van der Waals surface area contributed by atoms with Crippen LogP contribution in [0.1, 0.15) is 26.2 Å². The zero-order valence-corrected chi connectivity index (χ0v) is 13.6. The molecule has 1 heterocycles. The van der Waals surface area contributed by atoms with E-state index in [0.717, 1.165) is 30.9 Å². The molecule has 116 valence electrons. The van der Waals surface area contributed by atoms with E-state index in [-0.39, 0.29) is 12.1 Å². The first-order valence-corrected chi connectivity index (χ1v) is 8.54. The maximum absolute atomic E-state index is 12.2. The maximum Gasteiger partial charge on any atom is 0.321 e. The number of benzene rings is 1. The number of urea groups is 1. The van der Waals surface area contributed by atoms with Crippen molar-refractivity contribution in [2.24, 2.45) is 0 Å². The number of thioether (sulfide) groups is 1. The molecule has 1 atom stereocenters. The highest BCUT2D eigenvalue weighted by molar-refractivity contribution is 7.99. The van der Waals surface area contributed by atoms with Crippen LogP contribution in [0.5, 0.6) is 0 Å². The molecule has 5 heteroatoms. The summed E-state index contributed by atoms with van der Waals surface area (Å²) in [5.41, 5.74) is 0.830. The van der Waals surface area contributed by atoms with Gasteiger partial charge in [0.15, 0.2) is 0 Å². The van der Waals surface area contributed by atoms with Crippen molar-refractivity contribution < 1.29 is 9.53 Å². The summed E-state index contributed by atoms with van der Waals surface area (Å²) in [5, 5.41) is 2.92. The number of anilines is 1. The Balaban J connectivity index is 1.81. The Hall–Kier alpha value is -1.20. The van der Waals surface area contributed by atoms with Crippen molar-refractivity contribution in [2.45, 2.75) is 37.2 Å². The van der Waals surface area contributed by atoms with Crippen LogP contribution in [0.15, 0.2) is 29.2 Å². The minimum Gasteiger partial charge on any atom is -0.376 e. The number of likely N-dealkylation sites (N-methyl/N-ethyl adjacent to an activating group) is 1. The van der Waals surface area contributed by atoms with Gasteiger partial charge in [0.1, 0.15) is 0 Å². The number of carbonyl (C=O) groups is 1. The third-order valence-corrected chi connectivity index (χ3v) is 4.41. The molecule has 0 unspecified atom stereocenters. The van der Waals surface area contributed by atoms with Crippen LogP contribution in [0.3, 0.4) is 0 Å². The average Bonchev–Trinajstić information content (AvgIpc) is 2.50. The quantitative estimate of drug-likeness (QED) is 0.841. The molecule has 1 aliphatic rings. The molecule has 21 heavy (non-hydrogen) atoms. The van der Waals surface area contributed by atoms with Gasteiger partial charge in [-0.1, -0.05) is 6.92 Å². The zero-order valence-electron chi connectivity index (χ0n) is 12.8. The molecule has 0 radical (unpaired) electrons. The van der Waals surface area contributed by atoms with Crippen LogP contribution in [0.4, 0.5) is 10.5 Å². The molecule has 1 saturated heterocycles. The van der Waals surface area contributed by atoms with Crippen molar-refractivity contribution in [1.29, 1.82) is 0 Å². The van der Waals surface area contributed by atoms with E-state index in [1.54, 1.807) is 16.7 Å².